The molecule has 0 fully saturated rings. The van der Waals surface area contributed by atoms with Crippen molar-refractivity contribution in [2.45, 2.75) is 13.3 Å². The number of thiophene rings is 1. The van der Waals surface area contributed by atoms with Crippen molar-refractivity contribution >= 4 is 28.2 Å². The first-order valence-corrected chi connectivity index (χ1v) is 5.49. The summed E-state index contributed by atoms with van der Waals surface area (Å²) < 4.78 is 4.68. The minimum absolute atomic E-state index is 0.0519. The zero-order valence-electron chi connectivity index (χ0n) is 8.97. The Balaban J connectivity index is 3.00. The summed E-state index contributed by atoms with van der Waals surface area (Å²) in [7, 11) is 0. The second-order valence-electron chi connectivity index (χ2n) is 3.04. The highest BCUT2D eigenvalue weighted by atomic mass is 32.1. The van der Waals surface area contributed by atoms with Crippen LogP contribution in [0, 0.1) is 10.1 Å². The van der Waals surface area contributed by atoms with Gasteiger partial charge in [0.15, 0.2) is 0 Å². The second kappa shape index (κ2) is 5.39. The van der Waals surface area contributed by atoms with Crippen molar-refractivity contribution in [3.8, 4) is 0 Å². The molecule has 1 rings (SSSR count). The summed E-state index contributed by atoms with van der Waals surface area (Å²) in [6, 6.07) is 1.25. The monoisotopic (exact) mass is 258 g/mol. The average Bonchev–Trinajstić information content (AvgIpc) is 2.62. The third kappa shape index (κ3) is 3.25. The van der Waals surface area contributed by atoms with Crippen molar-refractivity contribution in [1.82, 2.24) is 0 Å². The van der Waals surface area contributed by atoms with Crippen LogP contribution in [0.1, 0.15) is 22.2 Å². The molecule has 1 heterocycles. The van der Waals surface area contributed by atoms with E-state index >= 15 is 0 Å². The fourth-order valence-electron chi connectivity index (χ4n) is 1.19. The Morgan fingerprint density at radius 3 is 2.71 bits per heavy atom. The first-order chi connectivity index (χ1) is 7.95. The normalized spacial score (nSPS) is 9.94. The number of carbonyl (C=O) groups is 2. The molecule has 1 amide bonds. The van der Waals surface area contributed by atoms with Crippen LogP contribution in [0.15, 0.2) is 6.07 Å². The van der Waals surface area contributed by atoms with Gasteiger partial charge in [-0.3, -0.25) is 19.7 Å². The molecule has 0 aliphatic rings. The molecule has 7 nitrogen and oxygen atoms in total. The predicted molar refractivity (Wildman–Crippen MR) is 59.8 cm³/mol. The molecule has 0 aliphatic heterocycles. The van der Waals surface area contributed by atoms with Gasteiger partial charge in [-0.1, -0.05) is 11.3 Å². The summed E-state index contributed by atoms with van der Waals surface area (Å²) in [4.78, 5) is 32.2. The molecule has 0 saturated carbocycles. The van der Waals surface area contributed by atoms with Crippen molar-refractivity contribution in [3.05, 3.63) is 26.6 Å². The largest absolute Gasteiger partial charge is 0.466 e. The molecule has 17 heavy (non-hydrogen) atoms. The third-order valence-electron chi connectivity index (χ3n) is 1.84. The highest BCUT2D eigenvalue weighted by Crippen LogP contribution is 2.30. The molecule has 0 radical (unpaired) electrons. The molecule has 0 aromatic carbocycles. The molecule has 1 aromatic rings. The summed E-state index contributed by atoms with van der Waals surface area (Å²) in [5.41, 5.74) is 5.16. The van der Waals surface area contributed by atoms with E-state index in [0.717, 1.165) is 0 Å². The van der Waals surface area contributed by atoms with E-state index in [2.05, 4.69) is 4.74 Å². The molecule has 0 aliphatic carbocycles. The highest BCUT2D eigenvalue weighted by molar-refractivity contribution is 7.17. The van der Waals surface area contributed by atoms with Crippen molar-refractivity contribution in [3.63, 3.8) is 0 Å². The van der Waals surface area contributed by atoms with Gasteiger partial charge < -0.3 is 10.5 Å². The Morgan fingerprint density at radius 1 is 1.59 bits per heavy atom. The van der Waals surface area contributed by atoms with Gasteiger partial charge in [-0.2, -0.15) is 0 Å². The maximum Gasteiger partial charge on any atom is 0.328 e. The van der Waals surface area contributed by atoms with Crippen molar-refractivity contribution in [1.29, 1.82) is 0 Å². The number of carbonyl (C=O) groups excluding carboxylic acids is 2. The number of nitro groups is 1. The molecule has 2 N–H and O–H groups in total. The molecule has 0 saturated heterocycles. The van der Waals surface area contributed by atoms with Crippen LogP contribution in [0.2, 0.25) is 0 Å². The highest BCUT2D eigenvalue weighted by Gasteiger charge is 2.23. The molecule has 1 aromatic heterocycles. The van der Waals surface area contributed by atoms with Crippen LogP contribution in [0.25, 0.3) is 0 Å². The van der Waals surface area contributed by atoms with Crippen LogP contribution in [-0.4, -0.2) is 23.4 Å². The Hall–Kier alpha value is -1.96. The van der Waals surface area contributed by atoms with E-state index in [0.29, 0.717) is 11.3 Å². The first kappa shape index (κ1) is 13.1. The Morgan fingerprint density at radius 2 is 2.24 bits per heavy atom. The number of rotatable bonds is 5. The van der Waals surface area contributed by atoms with Gasteiger partial charge in [0, 0.05) is 0 Å². The molecule has 8 heteroatoms. The van der Waals surface area contributed by atoms with Crippen LogP contribution < -0.4 is 5.73 Å². The predicted octanol–water partition coefficient (Wildman–Crippen LogP) is 0.861. The zero-order chi connectivity index (χ0) is 13.0. The SMILES string of the molecule is CCOC(=O)Cc1cc(C(N)=O)sc1[N+](=O)[O-]. The van der Waals surface area contributed by atoms with E-state index in [1.54, 1.807) is 6.92 Å². The lowest BCUT2D eigenvalue weighted by Crippen LogP contribution is -2.09. The number of hydrogen-bond acceptors (Lipinski definition) is 6. The number of nitrogens with two attached hydrogens (primary N) is 1. The van der Waals surface area contributed by atoms with Crippen molar-refractivity contribution in [2.24, 2.45) is 5.73 Å². The molecule has 0 spiro atoms. The Kier molecular flexibility index (Phi) is 4.16. The van der Waals surface area contributed by atoms with Gasteiger partial charge in [0.2, 0.25) is 0 Å². The third-order valence-corrected chi connectivity index (χ3v) is 2.98. The summed E-state index contributed by atoms with van der Waals surface area (Å²) in [5.74, 6) is -1.34. The smallest absolute Gasteiger partial charge is 0.328 e. The Bertz CT molecular complexity index is 468. The van der Waals surface area contributed by atoms with E-state index in [-0.39, 0.29) is 28.5 Å². The molecule has 0 bridgehead atoms. The minimum atomic E-state index is -0.756. The lowest BCUT2D eigenvalue weighted by Gasteiger charge is -1.98. The lowest BCUT2D eigenvalue weighted by molar-refractivity contribution is -0.380. The van der Waals surface area contributed by atoms with Crippen LogP contribution >= 0.6 is 11.3 Å². The number of hydrogen-bond donors (Lipinski definition) is 1. The zero-order valence-corrected chi connectivity index (χ0v) is 9.78. The number of amides is 1. The van der Waals surface area contributed by atoms with Crippen molar-refractivity contribution in [2.75, 3.05) is 6.61 Å². The number of ether oxygens (including phenoxy) is 1. The summed E-state index contributed by atoms with van der Waals surface area (Å²) in [5, 5.41) is 10.5. The molecular formula is C9H10N2O5S. The maximum absolute atomic E-state index is 11.2. The number of esters is 1. The van der Waals surface area contributed by atoms with Gasteiger partial charge in [-0.15, -0.1) is 0 Å². The van der Waals surface area contributed by atoms with Gasteiger partial charge in [-0.25, -0.2) is 0 Å². The van der Waals surface area contributed by atoms with Gasteiger partial charge in [0.25, 0.3) is 5.91 Å². The summed E-state index contributed by atoms with van der Waals surface area (Å²) >= 11 is 0.654. The molecule has 0 unspecified atom stereocenters. The van der Waals surface area contributed by atoms with Crippen LogP contribution in [-0.2, 0) is 16.0 Å². The standard InChI is InChI=1S/C9H10N2O5S/c1-2-16-7(12)4-5-3-6(8(10)13)17-9(5)11(14)15/h3H,2,4H2,1H3,(H2,10,13). The molecule has 92 valence electrons. The van der Waals surface area contributed by atoms with E-state index in [1.807, 2.05) is 0 Å². The van der Waals surface area contributed by atoms with Crippen molar-refractivity contribution < 1.29 is 19.2 Å². The number of primary amides is 1. The summed E-state index contributed by atoms with van der Waals surface area (Å²) in [6.45, 7) is 1.83. The minimum Gasteiger partial charge on any atom is -0.466 e. The van der Waals surface area contributed by atoms with E-state index in [1.165, 1.54) is 6.07 Å². The summed E-state index contributed by atoms with van der Waals surface area (Å²) in [6.07, 6.45) is -0.242. The van der Waals surface area contributed by atoms with Crippen LogP contribution in [0.3, 0.4) is 0 Å². The molecular weight excluding hydrogens is 248 g/mol. The fraction of sp³-hybridized carbons (Fsp3) is 0.333. The van der Waals surface area contributed by atoms with Gasteiger partial charge in [0.1, 0.15) is 0 Å². The van der Waals surface area contributed by atoms with Crippen LogP contribution in [0.5, 0.6) is 0 Å². The topological polar surface area (TPSA) is 113 Å². The maximum atomic E-state index is 11.2. The lowest BCUT2D eigenvalue weighted by atomic mass is 10.2. The van der Waals surface area contributed by atoms with Crippen LogP contribution in [0.4, 0.5) is 5.00 Å². The Labute approximate surface area is 100 Å². The van der Waals surface area contributed by atoms with E-state index in [9.17, 15) is 19.7 Å². The fourth-order valence-corrected chi connectivity index (χ4v) is 2.04. The van der Waals surface area contributed by atoms with Gasteiger partial charge >= 0.3 is 11.0 Å². The average molecular weight is 258 g/mol. The molecule has 0 atom stereocenters. The second-order valence-corrected chi connectivity index (χ2v) is 4.07. The van der Waals surface area contributed by atoms with E-state index < -0.39 is 16.8 Å². The van der Waals surface area contributed by atoms with E-state index in [4.69, 9.17) is 5.73 Å². The first-order valence-electron chi connectivity index (χ1n) is 4.68. The van der Waals surface area contributed by atoms with Gasteiger partial charge in [-0.05, 0) is 13.0 Å². The van der Waals surface area contributed by atoms with Gasteiger partial charge in [0.05, 0.1) is 28.4 Å². The number of nitrogens with zero attached hydrogens (tertiary/aromatic N) is 1. The quantitative estimate of drug-likeness (QED) is 0.478.